The van der Waals surface area contributed by atoms with Crippen LogP contribution in [0.2, 0.25) is 0 Å². The summed E-state index contributed by atoms with van der Waals surface area (Å²) in [7, 11) is 0. The van der Waals surface area contributed by atoms with E-state index in [4.69, 9.17) is 0 Å². The summed E-state index contributed by atoms with van der Waals surface area (Å²) in [4.78, 5) is 1.39. The predicted molar refractivity (Wildman–Crippen MR) is 55.2 cm³/mol. The van der Waals surface area contributed by atoms with Gasteiger partial charge in [0, 0.05) is 22.8 Å². The molecule has 0 saturated heterocycles. The second-order valence-corrected chi connectivity index (χ2v) is 4.26. The fourth-order valence-corrected chi connectivity index (χ4v) is 2.84. The van der Waals surface area contributed by atoms with Gasteiger partial charge in [0.1, 0.15) is 0 Å². The quantitative estimate of drug-likeness (QED) is 0.650. The zero-order valence-electron chi connectivity index (χ0n) is 7.13. The first-order valence-electron chi connectivity index (χ1n) is 4.38. The molecule has 2 N–H and O–H groups in total. The highest BCUT2D eigenvalue weighted by Gasteiger charge is 2.22. The first kappa shape index (κ1) is 7.47. The molecule has 2 aliphatic rings. The zero-order valence-corrected chi connectivity index (χ0v) is 7.95. The van der Waals surface area contributed by atoms with Gasteiger partial charge in [-0.1, -0.05) is 18.2 Å². The molecule has 3 heteroatoms. The van der Waals surface area contributed by atoms with E-state index in [-0.39, 0.29) is 0 Å². The van der Waals surface area contributed by atoms with Crippen molar-refractivity contribution in [2.45, 2.75) is 4.90 Å². The van der Waals surface area contributed by atoms with Gasteiger partial charge in [0.05, 0.1) is 5.70 Å². The number of hydrogen-bond donors (Lipinski definition) is 2. The van der Waals surface area contributed by atoms with Crippen LogP contribution in [-0.2, 0) is 0 Å². The second kappa shape index (κ2) is 2.79. The number of rotatable bonds is 0. The Bertz CT molecular complexity index is 384. The fraction of sp³-hybridized carbons (Fsp3) is 0.200. The van der Waals surface area contributed by atoms with Gasteiger partial charge in [-0.05, 0) is 11.6 Å². The molecule has 0 fully saturated rings. The van der Waals surface area contributed by atoms with Crippen LogP contribution in [0.1, 0.15) is 5.56 Å². The summed E-state index contributed by atoms with van der Waals surface area (Å²) < 4.78 is 0. The number of thioether (sulfide) groups is 1. The number of benzene rings is 1. The lowest BCUT2D eigenvalue weighted by molar-refractivity contribution is 0.732. The summed E-state index contributed by atoms with van der Waals surface area (Å²) in [5, 5.41) is 0. The van der Waals surface area contributed by atoms with Crippen molar-refractivity contribution in [3.8, 4) is 0 Å². The lowest BCUT2D eigenvalue weighted by atomic mass is 10.1. The van der Waals surface area contributed by atoms with Crippen molar-refractivity contribution in [1.82, 2.24) is 10.9 Å². The molecule has 0 spiro atoms. The monoisotopic (exact) mass is 190 g/mol. The molecule has 0 radical (unpaired) electrons. The van der Waals surface area contributed by atoms with Crippen LogP contribution in [0.4, 0.5) is 0 Å². The number of nitrogens with one attached hydrogen (secondary N) is 2. The standard InChI is InChI=1S/C10H10N2S/c1-2-4-9-8(3-1)10-7(6-13-9)5-11-12-10/h1-4,11-12H,5-6H2. The summed E-state index contributed by atoms with van der Waals surface area (Å²) in [6.45, 7) is 0.983. The predicted octanol–water partition coefficient (Wildman–Crippen LogP) is 1.61. The summed E-state index contributed by atoms with van der Waals surface area (Å²) in [5.74, 6) is 1.12. The minimum Gasteiger partial charge on any atom is -0.321 e. The third-order valence-electron chi connectivity index (χ3n) is 2.43. The highest BCUT2D eigenvalue weighted by atomic mass is 32.2. The van der Waals surface area contributed by atoms with Crippen LogP contribution in [-0.4, -0.2) is 12.3 Å². The molecule has 3 rings (SSSR count). The summed E-state index contributed by atoms with van der Waals surface area (Å²) in [5.41, 5.74) is 10.5. The Morgan fingerprint density at radius 2 is 2.15 bits per heavy atom. The van der Waals surface area contributed by atoms with Crippen molar-refractivity contribution >= 4 is 17.5 Å². The van der Waals surface area contributed by atoms with E-state index in [1.165, 1.54) is 21.7 Å². The molecule has 66 valence electrons. The lowest BCUT2D eigenvalue weighted by Crippen LogP contribution is -2.23. The molecule has 0 saturated carbocycles. The molecular formula is C10H10N2S. The molecule has 1 aromatic rings. The van der Waals surface area contributed by atoms with E-state index in [0.717, 1.165) is 12.3 Å². The molecule has 2 heterocycles. The smallest absolute Gasteiger partial charge is 0.0585 e. The van der Waals surface area contributed by atoms with Gasteiger partial charge in [-0.3, -0.25) is 0 Å². The van der Waals surface area contributed by atoms with E-state index < -0.39 is 0 Å². The first-order valence-corrected chi connectivity index (χ1v) is 5.37. The Morgan fingerprint density at radius 3 is 3.15 bits per heavy atom. The van der Waals surface area contributed by atoms with E-state index in [2.05, 4.69) is 35.1 Å². The second-order valence-electron chi connectivity index (χ2n) is 3.24. The summed E-state index contributed by atoms with van der Waals surface area (Å²) in [6.07, 6.45) is 0. The van der Waals surface area contributed by atoms with Gasteiger partial charge in [-0.15, -0.1) is 11.8 Å². The van der Waals surface area contributed by atoms with Gasteiger partial charge in [0.25, 0.3) is 0 Å². The highest BCUT2D eigenvalue weighted by Crippen LogP contribution is 2.36. The maximum atomic E-state index is 3.23. The van der Waals surface area contributed by atoms with Gasteiger partial charge in [0.2, 0.25) is 0 Å². The molecule has 0 bridgehead atoms. The average Bonchev–Trinajstić information content (AvgIpc) is 2.65. The molecular weight excluding hydrogens is 180 g/mol. The topological polar surface area (TPSA) is 24.1 Å². The van der Waals surface area contributed by atoms with Gasteiger partial charge in [-0.25, -0.2) is 5.43 Å². The lowest BCUT2D eigenvalue weighted by Gasteiger charge is -2.16. The highest BCUT2D eigenvalue weighted by molar-refractivity contribution is 7.99. The zero-order chi connectivity index (χ0) is 8.67. The van der Waals surface area contributed by atoms with Crippen molar-refractivity contribution in [3.63, 3.8) is 0 Å². The first-order chi connectivity index (χ1) is 6.45. The Balaban J connectivity index is 2.18. The number of hydrazine groups is 1. The van der Waals surface area contributed by atoms with E-state index >= 15 is 0 Å². The van der Waals surface area contributed by atoms with E-state index in [1.54, 1.807) is 0 Å². The minimum absolute atomic E-state index is 0.983. The van der Waals surface area contributed by atoms with Crippen LogP contribution >= 0.6 is 11.8 Å². The fourth-order valence-electron chi connectivity index (χ4n) is 1.76. The Kier molecular flexibility index (Phi) is 1.60. The van der Waals surface area contributed by atoms with E-state index in [0.29, 0.717) is 0 Å². The van der Waals surface area contributed by atoms with Gasteiger partial charge in [-0.2, -0.15) is 0 Å². The third-order valence-corrected chi connectivity index (χ3v) is 3.59. The van der Waals surface area contributed by atoms with Crippen LogP contribution in [0.3, 0.4) is 0 Å². The normalized spacial score (nSPS) is 19.4. The molecule has 2 nitrogen and oxygen atoms in total. The molecule has 13 heavy (non-hydrogen) atoms. The molecule has 0 aliphatic carbocycles. The van der Waals surface area contributed by atoms with Crippen LogP contribution in [0.15, 0.2) is 34.7 Å². The SMILES string of the molecule is c1ccc2c(c1)SCC1=C2NNC1. The molecule has 0 unspecified atom stereocenters. The van der Waals surface area contributed by atoms with Crippen LogP contribution in [0.5, 0.6) is 0 Å². The largest absolute Gasteiger partial charge is 0.321 e. The maximum Gasteiger partial charge on any atom is 0.0585 e. The van der Waals surface area contributed by atoms with Gasteiger partial charge < -0.3 is 5.43 Å². The number of fused-ring (bicyclic) bond motifs is 2. The Hall–Kier alpha value is -0.930. The number of hydrogen-bond acceptors (Lipinski definition) is 3. The van der Waals surface area contributed by atoms with E-state index in [1.807, 2.05) is 11.8 Å². The van der Waals surface area contributed by atoms with Crippen molar-refractivity contribution in [3.05, 3.63) is 35.4 Å². The van der Waals surface area contributed by atoms with Crippen LogP contribution in [0, 0.1) is 0 Å². The molecule has 0 amide bonds. The van der Waals surface area contributed by atoms with Crippen molar-refractivity contribution < 1.29 is 0 Å². The molecule has 1 aromatic carbocycles. The summed E-state index contributed by atoms with van der Waals surface area (Å²) >= 11 is 1.93. The van der Waals surface area contributed by atoms with Gasteiger partial charge in [0.15, 0.2) is 0 Å². The van der Waals surface area contributed by atoms with Crippen molar-refractivity contribution in [1.29, 1.82) is 0 Å². The minimum atomic E-state index is 0.983. The maximum absolute atomic E-state index is 3.23. The van der Waals surface area contributed by atoms with Gasteiger partial charge >= 0.3 is 0 Å². The van der Waals surface area contributed by atoms with Crippen molar-refractivity contribution in [2.75, 3.05) is 12.3 Å². The molecule has 2 aliphatic heterocycles. The molecule has 0 aromatic heterocycles. The van der Waals surface area contributed by atoms with Crippen molar-refractivity contribution in [2.24, 2.45) is 0 Å². The third kappa shape index (κ3) is 1.08. The summed E-state index contributed by atoms with van der Waals surface area (Å²) in [6, 6.07) is 8.55. The van der Waals surface area contributed by atoms with Crippen LogP contribution < -0.4 is 10.9 Å². The van der Waals surface area contributed by atoms with E-state index in [9.17, 15) is 0 Å². The van der Waals surface area contributed by atoms with Crippen LogP contribution in [0.25, 0.3) is 5.70 Å². The Labute approximate surface area is 81.4 Å². The average molecular weight is 190 g/mol. The molecule has 0 atom stereocenters. The Morgan fingerprint density at radius 1 is 1.23 bits per heavy atom.